The van der Waals surface area contributed by atoms with E-state index in [0.29, 0.717) is 6.54 Å². The molecule has 0 unspecified atom stereocenters. The predicted octanol–water partition coefficient (Wildman–Crippen LogP) is 3.13. The molecule has 2 aliphatic heterocycles. The van der Waals surface area contributed by atoms with Crippen LogP contribution in [0.5, 0.6) is 0 Å². The van der Waals surface area contributed by atoms with Crippen molar-refractivity contribution < 1.29 is 28.6 Å². The van der Waals surface area contributed by atoms with E-state index in [1.165, 1.54) is 4.90 Å². The third-order valence-electron chi connectivity index (χ3n) is 5.55. The van der Waals surface area contributed by atoms with Gasteiger partial charge in [-0.2, -0.15) is 0 Å². The van der Waals surface area contributed by atoms with E-state index in [1.54, 1.807) is 25.7 Å². The number of rotatable bonds is 5. The molecule has 2 heterocycles. The highest BCUT2D eigenvalue weighted by atomic mass is 16.6. The summed E-state index contributed by atoms with van der Waals surface area (Å²) in [5, 5.41) is 2.82. The monoisotopic (exact) mass is 461 g/mol. The van der Waals surface area contributed by atoms with Crippen LogP contribution in [-0.4, -0.2) is 71.0 Å². The van der Waals surface area contributed by atoms with E-state index in [4.69, 9.17) is 14.2 Å². The number of likely N-dealkylation sites (tertiary alicyclic amines) is 1. The molecule has 2 aliphatic rings. The lowest BCUT2D eigenvalue weighted by Gasteiger charge is -2.50. The van der Waals surface area contributed by atoms with Gasteiger partial charge in [-0.3, -0.25) is 9.80 Å². The minimum atomic E-state index is -0.921. The van der Waals surface area contributed by atoms with Crippen LogP contribution >= 0.6 is 0 Å². The zero-order valence-corrected chi connectivity index (χ0v) is 20.3. The number of hydrogen-bond donors (Lipinski definition) is 1. The molecule has 0 aliphatic carbocycles. The fraction of sp³-hybridized carbons (Fsp3) is 0.625. The van der Waals surface area contributed by atoms with Crippen LogP contribution < -0.4 is 5.32 Å². The van der Waals surface area contributed by atoms with Crippen LogP contribution in [0.25, 0.3) is 0 Å². The minimum absolute atomic E-state index is 0.136. The van der Waals surface area contributed by atoms with Crippen LogP contribution in [-0.2, 0) is 25.6 Å². The maximum absolute atomic E-state index is 13.2. The molecule has 2 fully saturated rings. The maximum atomic E-state index is 13.2. The molecule has 0 bridgehead atoms. The van der Waals surface area contributed by atoms with Crippen LogP contribution in [0.15, 0.2) is 30.3 Å². The Kier molecular flexibility index (Phi) is 7.21. The number of carbonyl (C=O) groups is 3. The molecule has 1 spiro atoms. The molecule has 3 amide bonds. The van der Waals surface area contributed by atoms with E-state index in [0.717, 1.165) is 5.56 Å². The fourth-order valence-electron chi connectivity index (χ4n) is 3.94. The van der Waals surface area contributed by atoms with Crippen molar-refractivity contribution in [2.75, 3.05) is 19.6 Å². The molecule has 33 heavy (non-hydrogen) atoms. The Bertz CT molecular complexity index is 861. The summed E-state index contributed by atoms with van der Waals surface area (Å²) in [5.74, 6) is -0.665. The van der Waals surface area contributed by atoms with Gasteiger partial charge in [0.05, 0.1) is 25.7 Å². The molecule has 9 nitrogen and oxygen atoms in total. The van der Waals surface area contributed by atoms with Crippen molar-refractivity contribution in [1.82, 2.24) is 15.1 Å². The van der Waals surface area contributed by atoms with Crippen molar-refractivity contribution >= 4 is 18.1 Å². The molecular weight excluding hydrogens is 426 g/mol. The lowest BCUT2D eigenvalue weighted by atomic mass is 10.0. The van der Waals surface area contributed by atoms with E-state index in [2.05, 4.69) is 5.32 Å². The molecule has 0 aromatic heterocycles. The first-order valence-corrected chi connectivity index (χ1v) is 11.3. The van der Waals surface area contributed by atoms with Crippen LogP contribution in [0.1, 0.15) is 47.1 Å². The van der Waals surface area contributed by atoms with Crippen LogP contribution in [0.4, 0.5) is 9.59 Å². The van der Waals surface area contributed by atoms with Crippen molar-refractivity contribution in [2.45, 2.75) is 71.6 Å². The molecule has 0 saturated carbocycles. The van der Waals surface area contributed by atoms with E-state index in [-0.39, 0.29) is 31.7 Å². The Morgan fingerprint density at radius 1 is 1.18 bits per heavy atom. The number of urea groups is 1. The van der Waals surface area contributed by atoms with Crippen LogP contribution in [0, 0.1) is 5.92 Å². The Balaban J connectivity index is 1.61. The highest BCUT2D eigenvalue weighted by molar-refractivity contribution is 5.84. The molecule has 1 aromatic carbocycles. The van der Waals surface area contributed by atoms with Gasteiger partial charge in [-0.1, -0.05) is 44.2 Å². The zero-order chi connectivity index (χ0) is 24.4. The van der Waals surface area contributed by atoms with Gasteiger partial charge in [-0.05, 0) is 39.2 Å². The first-order chi connectivity index (χ1) is 15.4. The minimum Gasteiger partial charge on any atom is -0.459 e. The Hall–Kier alpha value is -2.81. The molecule has 2 atom stereocenters. The largest absolute Gasteiger partial charge is 0.459 e. The summed E-state index contributed by atoms with van der Waals surface area (Å²) in [4.78, 5) is 41.4. The van der Waals surface area contributed by atoms with Gasteiger partial charge in [0.1, 0.15) is 18.2 Å². The van der Waals surface area contributed by atoms with Crippen molar-refractivity contribution in [1.29, 1.82) is 0 Å². The molecular formula is C24H35N3O6. The molecule has 2 saturated heterocycles. The average Bonchev–Trinajstić information content (AvgIpc) is 3.06. The molecule has 1 aromatic rings. The van der Waals surface area contributed by atoms with Gasteiger partial charge in [-0.25, -0.2) is 14.4 Å². The van der Waals surface area contributed by atoms with Gasteiger partial charge in [0.2, 0.25) is 0 Å². The summed E-state index contributed by atoms with van der Waals surface area (Å²) >= 11 is 0. The van der Waals surface area contributed by atoms with E-state index in [1.807, 2.05) is 51.1 Å². The molecule has 0 radical (unpaired) electrons. The number of esters is 1. The second-order valence-corrected chi connectivity index (χ2v) is 10.1. The van der Waals surface area contributed by atoms with Gasteiger partial charge in [0.25, 0.3) is 0 Å². The van der Waals surface area contributed by atoms with E-state index in [9.17, 15) is 14.4 Å². The second kappa shape index (κ2) is 9.59. The lowest BCUT2D eigenvalue weighted by Crippen LogP contribution is -2.72. The van der Waals surface area contributed by atoms with Crippen LogP contribution in [0.2, 0.25) is 0 Å². The Morgan fingerprint density at radius 2 is 1.82 bits per heavy atom. The Labute approximate surface area is 195 Å². The summed E-state index contributed by atoms with van der Waals surface area (Å²) in [5.41, 5.74) is -0.654. The van der Waals surface area contributed by atoms with Crippen molar-refractivity contribution in [3.63, 3.8) is 0 Å². The highest BCUT2D eigenvalue weighted by Crippen LogP contribution is 2.37. The first kappa shape index (κ1) is 24.8. The highest BCUT2D eigenvalue weighted by Gasteiger charge is 2.58. The third kappa shape index (κ3) is 5.96. The fourth-order valence-corrected chi connectivity index (χ4v) is 3.94. The quantitative estimate of drug-likeness (QED) is 0.677. The second-order valence-electron chi connectivity index (χ2n) is 10.1. The topological polar surface area (TPSA) is 97.4 Å². The van der Waals surface area contributed by atoms with Gasteiger partial charge in [-0.15, -0.1) is 0 Å². The summed E-state index contributed by atoms with van der Waals surface area (Å²) < 4.78 is 16.9. The summed E-state index contributed by atoms with van der Waals surface area (Å²) in [6.07, 6.45) is -0.639. The maximum Gasteiger partial charge on any atom is 0.410 e. The van der Waals surface area contributed by atoms with Gasteiger partial charge in [0.15, 0.2) is 5.72 Å². The number of nitrogens with one attached hydrogen (secondary N) is 1. The molecule has 9 heteroatoms. The van der Waals surface area contributed by atoms with E-state index >= 15 is 0 Å². The normalized spacial score (nSPS) is 20.4. The van der Waals surface area contributed by atoms with Gasteiger partial charge in [0, 0.05) is 0 Å². The molecule has 1 N–H and O–H groups in total. The standard InChI is InChI=1S/C24H35N3O6/c1-16(2)19(20(28)31-13-18-10-8-7-9-11-18)25-21(29)27-12-17(3)32-24(27)14-26(15-24)22(30)33-23(4,5)6/h7-11,16-17,19H,12-15H2,1-6H3,(H,25,29)/t17-,19-/m0/s1. The van der Waals surface area contributed by atoms with Crippen molar-refractivity contribution in [3.8, 4) is 0 Å². The first-order valence-electron chi connectivity index (χ1n) is 11.3. The number of benzene rings is 1. The zero-order valence-electron chi connectivity index (χ0n) is 20.3. The van der Waals surface area contributed by atoms with Crippen molar-refractivity contribution in [3.05, 3.63) is 35.9 Å². The number of carbonyl (C=O) groups excluding carboxylic acids is 3. The average molecular weight is 462 g/mol. The third-order valence-corrected chi connectivity index (χ3v) is 5.55. The number of hydrogen-bond acceptors (Lipinski definition) is 6. The molecule has 182 valence electrons. The number of amides is 3. The summed E-state index contributed by atoms with van der Waals surface area (Å²) in [6.45, 7) is 11.9. The predicted molar refractivity (Wildman–Crippen MR) is 121 cm³/mol. The van der Waals surface area contributed by atoms with Gasteiger partial charge >= 0.3 is 18.1 Å². The van der Waals surface area contributed by atoms with Crippen LogP contribution in [0.3, 0.4) is 0 Å². The SMILES string of the molecule is CC(C)[C@H](NC(=O)N1C[C@H](C)OC12CN(C(=O)OC(C)(C)C)C2)C(=O)OCc1ccccc1. The molecule has 3 rings (SSSR count). The van der Waals surface area contributed by atoms with E-state index < -0.39 is 35.5 Å². The summed E-state index contributed by atoms with van der Waals surface area (Å²) in [7, 11) is 0. The number of nitrogens with zero attached hydrogens (tertiary/aromatic N) is 2. The lowest BCUT2D eigenvalue weighted by molar-refractivity contribution is -0.171. The Morgan fingerprint density at radius 3 is 2.39 bits per heavy atom. The summed E-state index contributed by atoms with van der Waals surface area (Å²) in [6, 6.07) is 8.15. The van der Waals surface area contributed by atoms with Gasteiger partial charge < -0.3 is 19.5 Å². The smallest absolute Gasteiger partial charge is 0.410 e. The number of ether oxygens (including phenoxy) is 3. The van der Waals surface area contributed by atoms with Crippen molar-refractivity contribution in [2.24, 2.45) is 5.92 Å².